The summed E-state index contributed by atoms with van der Waals surface area (Å²) < 4.78 is 35.1. The largest absolute Gasteiger partial charge is 0.462 e. The molecule has 12 nitrogen and oxygen atoms in total. The molecular formula is C96H166O12. The lowest BCUT2D eigenvalue weighted by atomic mass is 9.65. The van der Waals surface area contributed by atoms with E-state index in [0.29, 0.717) is 29.6 Å². The average Bonchev–Trinajstić information content (AvgIpc) is 1.53. The second kappa shape index (κ2) is 41.4. The fraction of sp³-hybridized carbons (Fsp3) is 0.938. The van der Waals surface area contributed by atoms with E-state index >= 15 is 0 Å². The second-order valence-corrected chi connectivity index (χ2v) is 41.5. The first kappa shape index (κ1) is 90.4. The molecule has 0 spiro atoms. The quantitative estimate of drug-likeness (QED) is 0.0946. The Labute approximate surface area is 661 Å². The molecule has 13 aliphatic carbocycles. The van der Waals surface area contributed by atoms with Crippen LogP contribution < -0.4 is 0 Å². The van der Waals surface area contributed by atoms with Gasteiger partial charge < -0.3 is 28.4 Å². The molecule has 13 aliphatic rings. The van der Waals surface area contributed by atoms with Gasteiger partial charge in [-0.2, -0.15) is 0 Å². The fourth-order valence-electron chi connectivity index (χ4n) is 21.9. The van der Waals surface area contributed by atoms with Crippen LogP contribution in [0.15, 0.2) is 0 Å². The van der Waals surface area contributed by atoms with Gasteiger partial charge in [-0.25, -0.2) is 0 Å². The van der Waals surface area contributed by atoms with Gasteiger partial charge in [0.2, 0.25) is 0 Å². The lowest BCUT2D eigenvalue weighted by Crippen LogP contribution is -2.40. The van der Waals surface area contributed by atoms with Gasteiger partial charge in [0.1, 0.15) is 36.6 Å². The summed E-state index contributed by atoms with van der Waals surface area (Å²) in [6.45, 7) is 36.3. The van der Waals surface area contributed by atoms with E-state index in [4.69, 9.17) is 28.4 Å². The van der Waals surface area contributed by atoms with Crippen LogP contribution in [0.4, 0.5) is 0 Å². The van der Waals surface area contributed by atoms with E-state index in [0.717, 1.165) is 137 Å². The number of carbonyl (C=O) groups excluding carboxylic acids is 6. The molecule has 20 atom stereocenters. The zero-order valence-electron chi connectivity index (χ0n) is 73.0. The molecular weight excluding hydrogens is 1350 g/mol. The summed E-state index contributed by atoms with van der Waals surface area (Å²) in [5.74, 6) is 11.2. The summed E-state index contributed by atoms with van der Waals surface area (Å²) >= 11 is 0. The molecule has 108 heavy (non-hydrogen) atoms. The summed E-state index contributed by atoms with van der Waals surface area (Å²) in [6.07, 6.45) is 58.3. The molecule has 13 saturated carbocycles. The third-order valence-electron chi connectivity index (χ3n) is 32.1. The minimum atomic E-state index is -0.323. The Morgan fingerprint density at radius 3 is 0.843 bits per heavy atom. The Balaban J connectivity index is 0.000000163. The summed E-state index contributed by atoms with van der Waals surface area (Å²) in [6, 6.07) is 0. The summed E-state index contributed by atoms with van der Waals surface area (Å²) in [5.41, 5.74) is -1.90. The van der Waals surface area contributed by atoms with Crippen LogP contribution in [0.3, 0.4) is 0 Å². The first-order valence-corrected chi connectivity index (χ1v) is 46.5. The molecule has 0 saturated heterocycles. The minimum Gasteiger partial charge on any atom is -0.462 e. The van der Waals surface area contributed by atoms with Crippen LogP contribution in [0.2, 0.25) is 0 Å². The van der Waals surface area contributed by atoms with Gasteiger partial charge in [-0.15, -0.1) is 0 Å². The van der Waals surface area contributed by atoms with Crippen LogP contribution in [-0.2, 0) is 57.2 Å². The third-order valence-corrected chi connectivity index (χ3v) is 32.1. The van der Waals surface area contributed by atoms with Gasteiger partial charge in [0.25, 0.3) is 0 Å². The Bertz CT molecular complexity index is 2770. The molecule has 0 heterocycles. The van der Waals surface area contributed by atoms with Crippen molar-refractivity contribution in [3.8, 4) is 0 Å². The maximum Gasteiger partial charge on any atom is 0.311 e. The van der Waals surface area contributed by atoms with Crippen LogP contribution in [0.1, 0.15) is 420 Å². The topological polar surface area (TPSA) is 158 Å². The lowest BCUT2D eigenvalue weighted by molar-refractivity contribution is -0.167. The Hall–Kier alpha value is -3.18. The van der Waals surface area contributed by atoms with E-state index in [2.05, 4.69) is 34.6 Å². The van der Waals surface area contributed by atoms with Crippen molar-refractivity contribution < 1.29 is 57.2 Å². The number of ether oxygens (including phenoxy) is 6. The van der Waals surface area contributed by atoms with Crippen molar-refractivity contribution in [2.24, 2.45) is 115 Å². The van der Waals surface area contributed by atoms with Crippen LogP contribution in [0.25, 0.3) is 0 Å². The van der Waals surface area contributed by atoms with Gasteiger partial charge >= 0.3 is 35.8 Å². The molecule has 20 unspecified atom stereocenters. The van der Waals surface area contributed by atoms with Crippen LogP contribution in [-0.4, -0.2) is 72.4 Å². The van der Waals surface area contributed by atoms with Gasteiger partial charge in [0.15, 0.2) is 0 Å². The molecule has 13 rings (SSSR count). The van der Waals surface area contributed by atoms with Crippen molar-refractivity contribution in [2.75, 3.05) is 0 Å². The maximum absolute atomic E-state index is 12.4. The van der Waals surface area contributed by atoms with Gasteiger partial charge in [-0.3, -0.25) is 28.8 Å². The van der Waals surface area contributed by atoms with E-state index in [1.807, 2.05) is 90.0 Å². The van der Waals surface area contributed by atoms with Crippen molar-refractivity contribution >= 4 is 35.8 Å². The van der Waals surface area contributed by atoms with Crippen LogP contribution in [0, 0.1) is 115 Å². The highest BCUT2D eigenvalue weighted by atomic mass is 16.6. The third kappa shape index (κ3) is 24.4. The van der Waals surface area contributed by atoms with Gasteiger partial charge in [-0.1, -0.05) is 183 Å². The zero-order chi connectivity index (χ0) is 78.8. The lowest BCUT2D eigenvalue weighted by Gasteiger charge is -2.41. The summed E-state index contributed by atoms with van der Waals surface area (Å²) in [4.78, 5) is 73.2. The number of hydrogen-bond acceptors (Lipinski definition) is 12. The molecule has 12 heteroatoms. The van der Waals surface area contributed by atoms with Gasteiger partial charge in [-0.05, 0) is 320 Å². The molecule has 13 fully saturated rings. The van der Waals surface area contributed by atoms with Gasteiger partial charge in [0.05, 0.1) is 32.5 Å². The molecule has 0 aromatic carbocycles. The normalized spacial score (nSPS) is 34.3. The van der Waals surface area contributed by atoms with Crippen molar-refractivity contribution in [1.29, 1.82) is 0 Å². The molecule has 0 N–H and O–H groups in total. The highest BCUT2D eigenvalue weighted by Crippen LogP contribution is 2.56. The van der Waals surface area contributed by atoms with Crippen molar-refractivity contribution in [3.63, 3.8) is 0 Å². The predicted octanol–water partition coefficient (Wildman–Crippen LogP) is 25.4. The van der Waals surface area contributed by atoms with E-state index in [-0.39, 0.29) is 105 Å². The maximum atomic E-state index is 12.4. The first-order chi connectivity index (χ1) is 51.2. The SMILES string of the molecule is CCC(C)(C)C(=O)OC1CC2CCCC3CCCC1C32.CCC(C)(C)C(=O)OC1CCC2CCCC21.CCC(C)(C)C(=O)OC1CCC2CCCCC21.CCC(C)(C)C(=O)OC1CCC2CCCCC2C1.CCC(C)(C)C(=O)OC1CCCC2CCCCC21.CCC(C)(C)C(=O)OC1CCCCC2CCCCC21. The number of carbonyl (C=O) groups is 6. The molecule has 0 radical (unpaired) electrons. The van der Waals surface area contributed by atoms with Crippen molar-refractivity contribution in [1.82, 2.24) is 0 Å². The average molecular weight is 1510 g/mol. The van der Waals surface area contributed by atoms with Gasteiger partial charge in [0, 0.05) is 0 Å². The number of fused-ring (bicyclic) bond motifs is 5. The van der Waals surface area contributed by atoms with Crippen molar-refractivity contribution in [2.45, 2.75) is 457 Å². The van der Waals surface area contributed by atoms with E-state index in [1.165, 1.54) is 212 Å². The molecule has 0 aromatic heterocycles. The molecule has 0 aliphatic heterocycles. The minimum absolute atomic E-state index is 0.00394. The van der Waals surface area contributed by atoms with E-state index < -0.39 is 0 Å². The molecule has 622 valence electrons. The first-order valence-electron chi connectivity index (χ1n) is 46.5. The van der Waals surface area contributed by atoms with E-state index in [1.54, 1.807) is 0 Å². The number of rotatable bonds is 18. The second-order valence-electron chi connectivity index (χ2n) is 41.5. The standard InChI is InChI=1S/C18H30O2.C17H30O2.2C16H28O2.C15H26O2.C14H24O2/c1-4-18(2,3)17(19)20-15-11-13-9-5-7-12-8-6-10-14(15)16(12)13;1-4-17(2,3)16(18)19-15-12-8-6-10-13-9-5-7-11-14(13)15;1-4-16(2,3)15(17)18-14-11-7-9-12-8-5-6-10-13(12)14;1-4-16(2,3)15(17)18-14-10-9-12-7-5-6-8-13(12)11-14;1-4-15(2,3)14(16)17-13-10-9-11-7-5-6-8-12(11)13;1-4-14(2,3)13(15)16-12-9-8-10-6-5-7-11(10)12/h12-16H,4-11H2,1-3H3;13-15H,4-12H2,1-3H3;2*12-14H,4-11H2,1-3H3;11-13H,4-10H2,1-3H3;10-12H,4-9H2,1-3H3. The van der Waals surface area contributed by atoms with Crippen LogP contribution in [0.5, 0.6) is 0 Å². The predicted molar refractivity (Wildman–Crippen MR) is 437 cm³/mol. The molecule has 0 aromatic rings. The summed E-state index contributed by atoms with van der Waals surface area (Å²) in [7, 11) is 0. The fourth-order valence-corrected chi connectivity index (χ4v) is 21.9. The number of esters is 6. The Morgan fingerprint density at radius 2 is 0.454 bits per heavy atom. The Morgan fingerprint density at radius 1 is 0.213 bits per heavy atom. The van der Waals surface area contributed by atoms with Crippen LogP contribution >= 0.6 is 0 Å². The highest BCUT2D eigenvalue weighted by molar-refractivity contribution is 5.78. The highest BCUT2D eigenvalue weighted by Gasteiger charge is 2.52. The molecule has 0 amide bonds. The van der Waals surface area contributed by atoms with E-state index in [9.17, 15) is 28.8 Å². The molecule has 0 bridgehead atoms. The number of hydrogen-bond donors (Lipinski definition) is 0. The summed E-state index contributed by atoms with van der Waals surface area (Å²) in [5, 5.41) is 0. The monoisotopic (exact) mass is 1510 g/mol. The Kier molecular flexibility index (Phi) is 34.6. The zero-order valence-corrected chi connectivity index (χ0v) is 73.0. The smallest absolute Gasteiger partial charge is 0.311 e. The van der Waals surface area contributed by atoms with Crippen molar-refractivity contribution in [3.05, 3.63) is 0 Å².